The maximum Gasteiger partial charge on any atom is 0.0898 e. The molecule has 1 saturated carbocycles. The van der Waals surface area contributed by atoms with Gasteiger partial charge in [-0.15, -0.1) is 0 Å². The summed E-state index contributed by atoms with van der Waals surface area (Å²) >= 11 is 0. The topological polar surface area (TPSA) is 50.7 Å². The predicted octanol–water partition coefficient (Wildman–Crippen LogP) is 2.10. The number of nitrogens with one attached hydrogen (secondary N) is 1. The van der Waals surface area contributed by atoms with Gasteiger partial charge >= 0.3 is 0 Å². The average molecular weight is 285 g/mol. The Morgan fingerprint density at radius 1 is 1.35 bits per heavy atom. The molecule has 0 amide bonds. The van der Waals surface area contributed by atoms with Crippen LogP contribution in [0.1, 0.15) is 52.9 Å². The number of ether oxygens (including phenoxy) is 2. The van der Waals surface area contributed by atoms with Crippen LogP contribution in [0.5, 0.6) is 0 Å². The molecule has 5 unspecified atom stereocenters. The maximum absolute atomic E-state index is 10.1. The number of hydrogen-bond donors (Lipinski definition) is 2. The molecule has 4 nitrogen and oxygen atoms in total. The summed E-state index contributed by atoms with van der Waals surface area (Å²) < 4.78 is 11.5. The Hall–Kier alpha value is -0.160. The van der Waals surface area contributed by atoms with Crippen LogP contribution in [0.25, 0.3) is 0 Å². The van der Waals surface area contributed by atoms with E-state index in [4.69, 9.17) is 9.47 Å². The van der Waals surface area contributed by atoms with Gasteiger partial charge in [0.1, 0.15) is 0 Å². The Kier molecular flexibility index (Phi) is 5.84. The summed E-state index contributed by atoms with van der Waals surface area (Å²) in [5.41, 5.74) is -0.0148. The van der Waals surface area contributed by atoms with E-state index in [0.717, 1.165) is 19.4 Å². The fourth-order valence-electron chi connectivity index (χ4n) is 3.24. The summed E-state index contributed by atoms with van der Waals surface area (Å²) in [5.74, 6) is 0.629. The van der Waals surface area contributed by atoms with Crippen LogP contribution in [0.15, 0.2) is 0 Å². The monoisotopic (exact) mass is 285 g/mol. The molecule has 0 aromatic carbocycles. The molecule has 1 heterocycles. The number of aliphatic hydroxyl groups is 1. The predicted molar refractivity (Wildman–Crippen MR) is 79.8 cm³/mol. The lowest BCUT2D eigenvalue weighted by Gasteiger charge is -2.32. The van der Waals surface area contributed by atoms with Gasteiger partial charge in [0.25, 0.3) is 0 Å². The van der Waals surface area contributed by atoms with E-state index in [0.29, 0.717) is 25.2 Å². The first-order valence-corrected chi connectivity index (χ1v) is 8.17. The molecule has 0 radical (unpaired) electrons. The lowest BCUT2D eigenvalue weighted by Crippen LogP contribution is -2.51. The molecule has 20 heavy (non-hydrogen) atoms. The highest BCUT2D eigenvalue weighted by Gasteiger charge is 2.36. The van der Waals surface area contributed by atoms with Crippen molar-refractivity contribution in [3.05, 3.63) is 0 Å². The SMILES string of the molecule is CC1CCCCC1OCC(O)CNC1(C)CCOC1C. The van der Waals surface area contributed by atoms with Crippen LogP contribution in [0.4, 0.5) is 0 Å². The van der Waals surface area contributed by atoms with Gasteiger partial charge in [-0.2, -0.15) is 0 Å². The van der Waals surface area contributed by atoms with Gasteiger partial charge in [-0.1, -0.05) is 19.8 Å². The summed E-state index contributed by atoms with van der Waals surface area (Å²) in [5, 5.41) is 13.6. The molecule has 2 rings (SSSR count). The molecule has 118 valence electrons. The normalized spacial score (nSPS) is 39.9. The van der Waals surface area contributed by atoms with Gasteiger partial charge in [0.15, 0.2) is 0 Å². The zero-order valence-corrected chi connectivity index (χ0v) is 13.2. The quantitative estimate of drug-likeness (QED) is 0.785. The van der Waals surface area contributed by atoms with E-state index in [-0.39, 0.29) is 11.6 Å². The van der Waals surface area contributed by atoms with Crippen LogP contribution >= 0.6 is 0 Å². The van der Waals surface area contributed by atoms with Crippen LogP contribution in [0.3, 0.4) is 0 Å². The molecule has 0 aromatic rings. The second-order valence-electron chi connectivity index (χ2n) is 6.85. The van der Waals surface area contributed by atoms with Crippen molar-refractivity contribution >= 4 is 0 Å². The van der Waals surface area contributed by atoms with Crippen LogP contribution in [-0.4, -0.2) is 48.7 Å². The first kappa shape index (κ1) is 16.2. The first-order chi connectivity index (χ1) is 9.51. The molecule has 1 saturated heterocycles. The highest BCUT2D eigenvalue weighted by Crippen LogP contribution is 2.27. The van der Waals surface area contributed by atoms with Crippen molar-refractivity contribution < 1.29 is 14.6 Å². The number of rotatable bonds is 6. The first-order valence-electron chi connectivity index (χ1n) is 8.17. The Balaban J connectivity index is 1.66. The minimum absolute atomic E-state index is 0.0148. The molecule has 5 atom stereocenters. The van der Waals surface area contributed by atoms with Crippen LogP contribution in [0, 0.1) is 5.92 Å². The zero-order valence-electron chi connectivity index (χ0n) is 13.2. The lowest BCUT2D eigenvalue weighted by molar-refractivity contribution is -0.0472. The van der Waals surface area contributed by atoms with Crippen LogP contribution in [0.2, 0.25) is 0 Å². The van der Waals surface area contributed by atoms with Crippen molar-refractivity contribution in [3.8, 4) is 0 Å². The number of aliphatic hydroxyl groups excluding tert-OH is 1. The number of β-amino-alcohol motifs (C(OH)–C–C–N with tert-alkyl or cyclic N) is 1. The Morgan fingerprint density at radius 2 is 2.10 bits per heavy atom. The summed E-state index contributed by atoms with van der Waals surface area (Å²) in [4.78, 5) is 0. The highest BCUT2D eigenvalue weighted by molar-refractivity contribution is 4.93. The molecule has 0 bridgehead atoms. The smallest absolute Gasteiger partial charge is 0.0898 e. The van der Waals surface area contributed by atoms with Crippen LogP contribution < -0.4 is 5.32 Å². The minimum atomic E-state index is -0.436. The van der Waals surface area contributed by atoms with Crippen molar-refractivity contribution in [2.24, 2.45) is 5.92 Å². The molecule has 0 aromatic heterocycles. The summed E-state index contributed by atoms with van der Waals surface area (Å²) in [6, 6.07) is 0. The van der Waals surface area contributed by atoms with E-state index in [2.05, 4.69) is 26.1 Å². The Labute approximate surface area is 123 Å². The van der Waals surface area contributed by atoms with Crippen molar-refractivity contribution in [1.82, 2.24) is 5.32 Å². The average Bonchev–Trinajstić information content (AvgIpc) is 2.76. The van der Waals surface area contributed by atoms with Crippen molar-refractivity contribution in [2.75, 3.05) is 19.8 Å². The van der Waals surface area contributed by atoms with Gasteiger partial charge in [0.05, 0.1) is 24.9 Å². The molecule has 2 aliphatic rings. The molecular weight excluding hydrogens is 254 g/mol. The van der Waals surface area contributed by atoms with Crippen LogP contribution in [-0.2, 0) is 9.47 Å². The van der Waals surface area contributed by atoms with E-state index >= 15 is 0 Å². The van der Waals surface area contributed by atoms with Gasteiger partial charge < -0.3 is 19.9 Å². The third-order valence-electron chi connectivity index (χ3n) is 5.16. The molecular formula is C16H31NO3. The van der Waals surface area contributed by atoms with Crippen molar-refractivity contribution in [3.63, 3.8) is 0 Å². The molecule has 1 aliphatic carbocycles. The summed E-state index contributed by atoms with van der Waals surface area (Å²) in [7, 11) is 0. The molecule has 4 heteroatoms. The van der Waals surface area contributed by atoms with Gasteiger partial charge in [0.2, 0.25) is 0 Å². The second-order valence-corrected chi connectivity index (χ2v) is 6.85. The van der Waals surface area contributed by atoms with E-state index in [1.54, 1.807) is 0 Å². The standard InChI is InChI=1S/C16H31NO3/c1-12-6-4-5-7-15(12)20-11-14(18)10-17-16(3)8-9-19-13(16)2/h12-15,17-18H,4-11H2,1-3H3. The summed E-state index contributed by atoms with van der Waals surface area (Å²) in [6.07, 6.45) is 6.08. The molecule has 2 N–H and O–H groups in total. The highest BCUT2D eigenvalue weighted by atomic mass is 16.5. The maximum atomic E-state index is 10.1. The Bertz CT molecular complexity index is 299. The summed E-state index contributed by atoms with van der Waals surface area (Å²) in [6.45, 7) is 8.33. The lowest BCUT2D eigenvalue weighted by atomic mass is 9.88. The van der Waals surface area contributed by atoms with E-state index in [1.165, 1.54) is 19.3 Å². The fourth-order valence-corrected chi connectivity index (χ4v) is 3.24. The van der Waals surface area contributed by atoms with E-state index < -0.39 is 6.10 Å². The minimum Gasteiger partial charge on any atom is -0.389 e. The van der Waals surface area contributed by atoms with E-state index in [1.807, 2.05) is 0 Å². The third-order valence-corrected chi connectivity index (χ3v) is 5.16. The second kappa shape index (κ2) is 7.21. The van der Waals surface area contributed by atoms with Gasteiger partial charge in [-0.25, -0.2) is 0 Å². The number of hydrogen-bond acceptors (Lipinski definition) is 4. The van der Waals surface area contributed by atoms with Crippen molar-refractivity contribution in [2.45, 2.75) is 76.7 Å². The van der Waals surface area contributed by atoms with E-state index in [9.17, 15) is 5.11 Å². The molecule has 0 spiro atoms. The van der Waals surface area contributed by atoms with Gasteiger partial charge in [-0.05, 0) is 39.0 Å². The largest absolute Gasteiger partial charge is 0.389 e. The third kappa shape index (κ3) is 4.17. The van der Waals surface area contributed by atoms with Gasteiger partial charge in [-0.3, -0.25) is 0 Å². The Morgan fingerprint density at radius 3 is 2.75 bits per heavy atom. The fraction of sp³-hybridized carbons (Fsp3) is 1.00. The molecule has 1 aliphatic heterocycles. The zero-order chi connectivity index (χ0) is 14.6. The van der Waals surface area contributed by atoms with Gasteiger partial charge in [0, 0.05) is 18.7 Å². The molecule has 2 fully saturated rings. The van der Waals surface area contributed by atoms with Crippen molar-refractivity contribution in [1.29, 1.82) is 0 Å².